The van der Waals surface area contributed by atoms with Crippen molar-refractivity contribution in [1.82, 2.24) is 5.32 Å². The third kappa shape index (κ3) is 39.6. The second kappa shape index (κ2) is 33.6. The third-order valence-corrected chi connectivity index (χ3v) is 4.33. The van der Waals surface area contributed by atoms with Crippen molar-refractivity contribution >= 4 is 0 Å². The Morgan fingerprint density at radius 1 is 0.692 bits per heavy atom. The zero-order valence-electron chi connectivity index (χ0n) is 24.2. The van der Waals surface area contributed by atoms with E-state index in [4.69, 9.17) is 62.5 Å². The lowest BCUT2D eigenvalue weighted by atomic mass is 10.0. The molecule has 0 spiro atoms. The SMILES string of the molecule is CCCC(O)C(O)C(O)C(O)CO.C[N+](C)(C)CCO.NC(CO)(CO)CO.NCCO.OCCNCCO. The average molecular weight is 586 g/mol. The first-order chi connectivity index (χ1) is 18.1. The molecule has 244 valence electrons. The Balaban J connectivity index is -0.000000130. The van der Waals surface area contributed by atoms with Gasteiger partial charge in [0.1, 0.15) is 24.9 Å². The average Bonchev–Trinajstić information content (AvgIpc) is 2.92. The predicted octanol–water partition coefficient (Wildman–Crippen LogP) is -6.93. The van der Waals surface area contributed by atoms with Gasteiger partial charge in [0.05, 0.1) is 85.6 Å². The molecule has 0 bridgehead atoms. The minimum absolute atomic E-state index is 0.0972. The molecule has 0 amide bonds. The van der Waals surface area contributed by atoms with Gasteiger partial charge in [-0.2, -0.15) is 0 Å². The van der Waals surface area contributed by atoms with Crippen molar-refractivity contribution in [3.05, 3.63) is 0 Å². The number of likely N-dealkylation sites (N-methyl/N-ethyl adjacent to an activating group) is 1. The van der Waals surface area contributed by atoms with E-state index in [-0.39, 0.29) is 26.4 Å². The highest BCUT2D eigenvalue weighted by atomic mass is 16.4. The maximum absolute atomic E-state index is 9.25. The number of quaternary nitrogens is 1. The second-order valence-corrected chi connectivity index (χ2v) is 9.37. The van der Waals surface area contributed by atoms with Gasteiger partial charge in [-0.15, -0.1) is 0 Å². The van der Waals surface area contributed by atoms with Crippen LogP contribution in [0.2, 0.25) is 0 Å². The van der Waals surface area contributed by atoms with E-state index in [1.165, 1.54) is 0 Å². The van der Waals surface area contributed by atoms with E-state index in [0.29, 0.717) is 32.5 Å². The Morgan fingerprint density at radius 2 is 1.08 bits per heavy atom. The largest absolute Gasteiger partial charge is 0.395 e. The van der Waals surface area contributed by atoms with Crippen LogP contribution in [-0.2, 0) is 0 Å². The van der Waals surface area contributed by atoms with Crippen LogP contribution in [0, 0.1) is 0 Å². The summed E-state index contributed by atoms with van der Waals surface area (Å²) in [6, 6.07) is 0. The van der Waals surface area contributed by atoms with Crippen LogP contribution < -0.4 is 16.8 Å². The van der Waals surface area contributed by atoms with Crippen LogP contribution in [0.4, 0.5) is 0 Å². The highest BCUT2D eigenvalue weighted by molar-refractivity contribution is 4.81. The number of aliphatic hydroxyl groups is 12. The van der Waals surface area contributed by atoms with Crippen molar-refractivity contribution in [1.29, 1.82) is 0 Å². The van der Waals surface area contributed by atoms with Crippen LogP contribution in [0.5, 0.6) is 0 Å². The van der Waals surface area contributed by atoms with Gasteiger partial charge in [0, 0.05) is 19.6 Å². The zero-order chi connectivity index (χ0) is 31.9. The Bertz CT molecular complexity index is 434. The van der Waals surface area contributed by atoms with E-state index >= 15 is 0 Å². The van der Waals surface area contributed by atoms with Gasteiger partial charge in [-0.25, -0.2) is 0 Å². The molecule has 0 aliphatic rings. The van der Waals surface area contributed by atoms with Crippen LogP contribution in [-0.4, -0.2) is 196 Å². The summed E-state index contributed by atoms with van der Waals surface area (Å²) in [6.45, 7) is 2.98. The smallest absolute Gasteiger partial charge is 0.110 e. The first-order valence-corrected chi connectivity index (χ1v) is 12.7. The molecule has 16 nitrogen and oxygen atoms in total. The fourth-order valence-electron chi connectivity index (χ4n) is 1.76. The van der Waals surface area contributed by atoms with Crippen molar-refractivity contribution < 1.29 is 65.8 Å². The number of hydrogen-bond donors (Lipinski definition) is 15. The molecule has 16 heteroatoms. The predicted molar refractivity (Wildman–Crippen MR) is 147 cm³/mol. The maximum atomic E-state index is 9.25. The summed E-state index contributed by atoms with van der Waals surface area (Å²) in [5, 5.41) is 105. The molecule has 17 N–H and O–H groups in total. The minimum atomic E-state index is -1.51. The van der Waals surface area contributed by atoms with Gasteiger partial charge in [0.15, 0.2) is 0 Å². The van der Waals surface area contributed by atoms with Crippen molar-refractivity contribution in [3.63, 3.8) is 0 Å². The van der Waals surface area contributed by atoms with E-state index in [1.54, 1.807) is 0 Å². The Kier molecular flexibility index (Phi) is 41.4. The molecule has 4 atom stereocenters. The maximum Gasteiger partial charge on any atom is 0.110 e. The molecule has 39 heavy (non-hydrogen) atoms. The molecular formula is C23H61N4O12+. The Labute approximate surface area is 233 Å². The zero-order valence-corrected chi connectivity index (χ0v) is 24.2. The Hall–Kier alpha value is -0.640. The fraction of sp³-hybridized carbons (Fsp3) is 1.00. The molecule has 0 saturated carbocycles. The van der Waals surface area contributed by atoms with E-state index in [0.717, 1.165) is 11.0 Å². The van der Waals surface area contributed by atoms with Gasteiger partial charge in [0.2, 0.25) is 0 Å². The molecule has 4 unspecified atom stereocenters. The molecule has 0 aromatic carbocycles. The summed E-state index contributed by atoms with van der Waals surface area (Å²) in [4.78, 5) is 0. The van der Waals surface area contributed by atoms with E-state index in [9.17, 15) is 10.2 Å². The lowest BCUT2D eigenvalue weighted by molar-refractivity contribution is -0.870. The van der Waals surface area contributed by atoms with Gasteiger partial charge in [-0.3, -0.25) is 0 Å². The molecular weight excluding hydrogens is 524 g/mol. The number of rotatable bonds is 16. The highest BCUT2D eigenvalue weighted by Crippen LogP contribution is 2.09. The quantitative estimate of drug-likeness (QED) is 0.0591. The number of nitrogens with zero attached hydrogens (tertiary/aromatic N) is 1. The first-order valence-electron chi connectivity index (χ1n) is 12.7. The third-order valence-electron chi connectivity index (χ3n) is 4.33. The van der Waals surface area contributed by atoms with Crippen LogP contribution in [0.1, 0.15) is 19.8 Å². The minimum Gasteiger partial charge on any atom is -0.395 e. The van der Waals surface area contributed by atoms with Crippen LogP contribution in [0.15, 0.2) is 0 Å². The van der Waals surface area contributed by atoms with E-state index in [1.807, 2.05) is 6.92 Å². The first kappa shape index (κ1) is 48.1. The second-order valence-electron chi connectivity index (χ2n) is 9.37. The molecule has 0 radical (unpaired) electrons. The summed E-state index contributed by atoms with van der Waals surface area (Å²) in [5.74, 6) is 0. The molecule has 0 aromatic heterocycles. The summed E-state index contributed by atoms with van der Waals surface area (Å²) in [7, 11) is 6.16. The van der Waals surface area contributed by atoms with Gasteiger partial charge in [0.25, 0.3) is 0 Å². The number of aliphatic hydroxyl groups excluding tert-OH is 12. The summed E-state index contributed by atoms with van der Waals surface area (Å²) in [6.07, 6.45) is -4.40. The lowest BCUT2D eigenvalue weighted by Gasteiger charge is -2.25. The van der Waals surface area contributed by atoms with Crippen LogP contribution >= 0.6 is 0 Å². The van der Waals surface area contributed by atoms with Crippen molar-refractivity contribution in [2.24, 2.45) is 11.5 Å². The topological polar surface area (TPSA) is 307 Å². The number of nitrogens with one attached hydrogen (secondary N) is 1. The monoisotopic (exact) mass is 585 g/mol. The van der Waals surface area contributed by atoms with Crippen LogP contribution in [0.3, 0.4) is 0 Å². The normalized spacial score (nSPS) is 14.0. The molecule has 0 saturated heterocycles. The molecule has 0 heterocycles. The van der Waals surface area contributed by atoms with Crippen molar-refractivity contribution in [2.75, 3.05) is 100 Å². The summed E-state index contributed by atoms with van der Waals surface area (Å²) >= 11 is 0. The highest BCUT2D eigenvalue weighted by Gasteiger charge is 2.29. The van der Waals surface area contributed by atoms with Crippen molar-refractivity contribution in [3.8, 4) is 0 Å². The summed E-state index contributed by atoms with van der Waals surface area (Å²) < 4.78 is 0.844. The number of nitrogens with two attached hydrogens (primary N) is 2. The van der Waals surface area contributed by atoms with E-state index < -0.39 is 56.4 Å². The molecule has 0 aromatic rings. The molecule has 0 aliphatic heterocycles. The lowest BCUT2D eigenvalue weighted by Crippen LogP contribution is -2.50. The van der Waals surface area contributed by atoms with Gasteiger partial charge in [-0.1, -0.05) is 13.3 Å². The van der Waals surface area contributed by atoms with E-state index in [2.05, 4.69) is 26.5 Å². The van der Waals surface area contributed by atoms with Crippen LogP contribution in [0.25, 0.3) is 0 Å². The van der Waals surface area contributed by atoms with Crippen molar-refractivity contribution in [2.45, 2.75) is 49.7 Å². The summed E-state index contributed by atoms with van der Waals surface area (Å²) in [5.41, 5.74) is 8.72. The molecule has 0 aliphatic carbocycles. The van der Waals surface area contributed by atoms with Gasteiger partial charge < -0.3 is 82.5 Å². The number of hydrogen-bond acceptors (Lipinski definition) is 15. The standard InChI is InChI=1S/C8H18O5.C5H14NO.C4H11NO3.C4H11NO2.C2H7NO/c1-2-3-5(10)7(12)8(13)6(11)4-9;1-6(2,3)4-5-7;5-4(1-6,2-7)3-8;6-3-1-5-2-4-7;3-1-2-4/h5-13H,2-4H2,1H3;7H,4-5H2,1-3H3;6-8H,1-3,5H2;5-7H,1-4H2;4H,1-3H2/q;+1;;;. The Morgan fingerprint density at radius 3 is 1.26 bits per heavy atom. The van der Waals surface area contributed by atoms with Gasteiger partial charge >= 0.3 is 0 Å². The molecule has 0 fully saturated rings. The van der Waals surface area contributed by atoms with Gasteiger partial charge in [-0.05, 0) is 6.42 Å². The fourth-order valence-corrected chi connectivity index (χ4v) is 1.76. The molecule has 0 rings (SSSR count).